The van der Waals surface area contributed by atoms with Crippen LogP contribution in [0.3, 0.4) is 0 Å². The zero-order valence-corrected chi connectivity index (χ0v) is 10.8. The van der Waals surface area contributed by atoms with Crippen LogP contribution in [0.5, 0.6) is 0 Å². The Labute approximate surface area is 103 Å². The van der Waals surface area contributed by atoms with Crippen molar-refractivity contribution in [3.63, 3.8) is 0 Å². The third kappa shape index (κ3) is 4.81. The molecule has 4 heteroatoms. The number of likely N-dealkylation sites (N-methyl/N-ethyl adjacent to an activating group) is 1. The van der Waals surface area contributed by atoms with E-state index in [2.05, 4.69) is 10.3 Å². The molecule has 1 heterocycles. The Hall–Kier alpha value is -0.970. The first-order valence-corrected chi connectivity index (χ1v) is 6.11. The first kappa shape index (κ1) is 14.1. The average Bonchev–Trinajstić information content (AvgIpc) is 2.37. The van der Waals surface area contributed by atoms with Gasteiger partial charge in [-0.05, 0) is 45.0 Å². The molecule has 0 amide bonds. The molecule has 0 saturated heterocycles. The second-order valence-corrected chi connectivity index (χ2v) is 3.73. The smallest absolute Gasteiger partial charge is 0.172 e. The molecule has 0 aromatic carbocycles. The maximum Gasteiger partial charge on any atom is 0.172 e. The lowest BCUT2D eigenvalue weighted by atomic mass is 10.1. The van der Waals surface area contributed by atoms with Crippen molar-refractivity contribution in [1.82, 2.24) is 10.3 Å². The fraction of sp³-hybridized carbons (Fsp3) is 0.615. The van der Waals surface area contributed by atoms with Gasteiger partial charge in [0.05, 0.1) is 6.04 Å². The van der Waals surface area contributed by atoms with E-state index in [4.69, 9.17) is 9.47 Å². The van der Waals surface area contributed by atoms with Gasteiger partial charge in [0, 0.05) is 25.6 Å². The Bertz CT molecular complexity index is 287. The van der Waals surface area contributed by atoms with Crippen molar-refractivity contribution >= 4 is 0 Å². The minimum absolute atomic E-state index is 0.150. The summed E-state index contributed by atoms with van der Waals surface area (Å²) in [6.07, 6.45) is 4.27. The van der Waals surface area contributed by atoms with Gasteiger partial charge in [0.1, 0.15) is 0 Å². The van der Waals surface area contributed by atoms with Crippen molar-refractivity contribution in [2.45, 2.75) is 32.6 Å². The van der Waals surface area contributed by atoms with Crippen molar-refractivity contribution in [1.29, 1.82) is 0 Å². The van der Waals surface area contributed by atoms with Gasteiger partial charge in [-0.25, -0.2) is 0 Å². The van der Waals surface area contributed by atoms with Crippen LogP contribution in [0.1, 0.15) is 19.4 Å². The summed E-state index contributed by atoms with van der Waals surface area (Å²) in [7, 11) is 1.93. The second kappa shape index (κ2) is 8.17. The van der Waals surface area contributed by atoms with Gasteiger partial charge in [0.2, 0.25) is 0 Å². The largest absolute Gasteiger partial charge is 0.351 e. The van der Waals surface area contributed by atoms with Crippen LogP contribution in [0.15, 0.2) is 24.5 Å². The number of hydrogen-bond donors (Lipinski definition) is 1. The number of rotatable bonds is 8. The van der Waals surface area contributed by atoms with Gasteiger partial charge in [-0.3, -0.25) is 4.98 Å². The molecule has 1 atom stereocenters. The van der Waals surface area contributed by atoms with E-state index < -0.39 is 0 Å². The topological polar surface area (TPSA) is 43.4 Å². The highest BCUT2D eigenvalue weighted by Gasteiger charge is 2.20. The van der Waals surface area contributed by atoms with E-state index in [9.17, 15) is 0 Å². The van der Waals surface area contributed by atoms with Crippen LogP contribution in [0.4, 0.5) is 0 Å². The Morgan fingerprint density at radius 3 is 2.24 bits per heavy atom. The summed E-state index contributed by atoms with van der Waals surface area (Å²) in [4.78, 5) is 4.01. The number of nitrogens with one attached hydrogen (secondary N) is 1. The Morgan fingerprint density at radius 2 is 1.76 bits per heavy atom. The molecule has 0 aliphatic rings. The van der Waals surface area contributed by atoms with E-state index in [-0.39, 0.29) is 12.3 Å². The van der Waals surface area contributed by atoms with Gasteiger partial charge in [0.25, 0.3) is 0 Å². The van der Waals surface area contributed by atoms with E-state index in [0.717, 1.165) is 6.42 Å². The molecule has 0 bridgehead atoms. The normalized spacial score (nSPS) is 12.9. The summed E-state index contributed by atoms with van der Waals surface area (Å²) in [5.74, 6) is 0. The van der Waals surface area contributed by atoms with E-state index in [1.165, 1.54) is 5.56 Å². The number of hydrogen-bond acceptors (Lipinski definition) is 4. The lowest BCUT2D eigenvalue weighted by Gasteiger charge is -2.26. The van der Waals surface area contributed by atoms with Crippen molar-refractivity contribution in [2.24, 2.45) is 0 Å². The molecule has 1 aromatic rings. The quantitative estimate of drug-likeness (QED) is 0.699. The Morgan fingerprint density at radius 1 is 1.18 bits per heavy atom. The molecule has 1 unspecified atom stereocenters. The van der Waals surface area contributed by atoms with Crippen LogP contribution in [0.2, 0.25) is 0 Å². The van der Waals surface area contributed by atoms with Gasteiger partial charge >= 0.3 is 0 Å². The summed E-state index contributed by atoms with van der Waals surface area (Å²) >= 11 is 0. The zero-order chi connectivity index (χ0) is 12.5. The molecule has 0 fully saturated rings. The zero-order valence-electron chi connectivity index (χ0n) is 10.8. The number of nitrogens with zero attached hydrogens (tertiary/aromatic N) is 1. The molecule has 1 aromatic heterocycles. The van der Waals surface area contributed by atoms with Crippen molar-refractivity contribution in [2.75, 3.05) is 20.3 Å². The highest BCUT2D eigenvalue weighted by molar-refractivity contribution is 5.11. The lowest BCUT2D eigenvalue weighted by Crippen LogP contribution is -2.42. The maximum atomic E-state index is 5.61. The average molecular weight is 238 g/mol. The molecule has 1 N–H and O–H groups in total. The van der Waals surface area contributed by atoms with E-state index in [0.29, 0.717) is 13.2 Å². The predicted molar refractivity (Wildman–Crippen MR) is 67.8 cm³/mol. The number of pyridine rings is 1. The monoisotopic (exact) mass is 238 g/mol. The third-order valence-electron chi connectivity index (χ3n) is 2.57. The molecule has 4 nitrogen and oxygen atoms in total. The van der Waals surface area contributed by atoms with Gasteiger partial charge in [-0.15, -0.1) is 0 Å². The molecule has 0 spiro atoms. The first-order chi connectivity index (χ1) is 8.31. The summed E-state index contributed by atoms with van der Waals surface area (Å²) in [6.45, 7) is 5.26. The van der Waals surface area contributed by atoms with Crippen molar-refractivity contribution < 1.29 is 9.47 Å². The van der Waals surface area contributed by atoms with Crippen molar-refractivity contribution in [3.8, 4) is 0 Å². The van der Waals surface area contributed by atoms with Gasteiger partial charge in [0.15, 0.2) is 6.29 Å². The molecule has 0 saturated carbocycles. The van der Waals surface area contributed by atoms with Crippen LogP contribution >= 0.6 is 0 Å². The van der Waals surface area contributed by atoms with Crippen molar-refractivity contribution in [3.05, 3.63) is 30.1 Å². The second-order valence-electron chi connectivity index (χ2n) is 3.73. The minimum Gasteiger partial charge on any atom is -0.351 e. The Balaban J connectivity index is 2.61. The highest BCUT2D eigenvalue weighted by Crippen LogP contribution is 2.09. The number of ether oxygens (including phenoxy) is 2. The van der Waals surface area contributed by atoms with Gasteiger partial charge < -0.3 is 14.8 Å². The fourth-order valence-electron chi connectivity index (χ4n) is 1.72. The van der Waals surface area contributed by atoms with Crippen LogP contribution in [-0.4, -0.2) is 37.6 Å². The molecule has 17 heavy (non-hydrogen) atoms. The van der Waals surface area contributed by atoms with E-state index in [1.54, 1.807) is 12.4 Å². The Kier molecular flexibility index (Phi) is 6.77. The maximum absolute atomic E-state index is 5.61. The molecule has 0 aliphatic heterocycles. The lowest BCUT2D eigenvalue weighted by molar-refractivity contribution is -0.152. The van der Waals surface area contributed by atoms with Crippen LogP contribution in [0, 0.1) is 0 Å². The van der Waals surface area contributed by atoms with E-state index >= 15 is 0 Å². The molecule has 96 valence electrons. The van der Waals surface area contributed by atoms with Crippen LogP contribution in [0.25, 0.3) is 0 Å². The fourth-order valence-corrected chi connectivity index (χ4v) is 1.72. The molecular weight excluding hydrogens is 216 g/mol. The molecule has 1 rings (SSSR count). The molecule has 0 radical (unpaired) electrons. The van der Waals surface area contributed by atoms with Crippen LogP contribution < -0.4 is 5.32 Å². The molecule has 0 aliphatic carbocycles. The third-order valence-corrected chi connectivity index (χ3v) is 2.57. The SMILES string of the molecule is CCOC(OCC)C(Cc1ccncc1)NC. The van der Waals surface area contributed by atoms with E-state index in [1.807, 2.05) is 33.0 Å². The summed E-state index contributed by atoms with van der Waals surface area (Å²) in [6, 6.07) is 4.18. The summed E-state index contributed by atoms with van der Waals surface area (Å²) in [5, 5.41) is 3.25. The highest BCUT2D eigenvalue weighted by atomic mass is 16.7. The van der Waals surface area contributed by atoms with Gasteiger partial charge in [-0.2, -0.15) is 0 Å². The standard InChI is InChI=1S/C13H22N2O2/c1-4-16-13(17-5-2)12(14-3)10-11-6-8-15-9-7-11/h6-9,12-14H,4-5,10H2,1-3H3. The summed E-state index contributed by atoms with van der Waals surface area (Å²) < 4.78 is 11.2. The number of aromatic nitrogens is 1. The molecular formula is C13H22N2O2. The predicted octanol–water partition coefficient (Wildman–Crippen LogP) is 1.61. The first-order valence-electron chi connectivity index (χ1n) is 6.11. The summed E-state index contributed by atoms with van der Waals surface area (Å²) in [5.41, 5.74) is 1.23. The minimum atomic E-state index is -0.205. The van der Waals surface area contributed by atoms with Crippen LogP contribution in [-0.2, 0) is 15.9 Å². The van der Waals surface area contributed by atoms with Gasteiger partial charge in [-0.1, -0.05) is 0 Å².